The molecule has 0 amide bonds. The molecule has 2 heterocycles. The Kier molecular flexibility index (Phi) is 8.45. The second-order valence-electron chi connectivity index (χ2n) is 18.6. The highest BCUT2D eigenvalue weighted by Crippen LogP contribution is 2.52. The average molecular weight is 687 g/mol. The highest BCUT2D eigenvalue weighted by Gasteiger charge is 2.39. The lowest BCUT2D eigenvalue weighted by Gasteiger charge is -2.24. The van der Waals surface area contributed by atoms with Crippen molar-refractivity contribution in [1.82, 2.24) is 0 Å². The summed E-state index contributed by atoms with van der Waals surface area (Å²) in [7, 11) is 0. The maximum absolute atomic E-state index is 2.50. The normalized spacial score (nSPS) is 14.1. The number of benzene rings is 4. The summed E-state index contributed by atoms with van der Waals surface area (Å²) in [4.78, 5) is 0. The number of rotatable bonds is 5. The van der Waals surface area contributed by atoms with Crippen LogP contribution in [0.25, 0.3) is 44.4 Å². The molecule has 266 valence electrons. The highest BCUT2D eigenvalue weighted by molar-refractivity contribution is 5.98. The van der Waals surface area contributed by atoms with E-state index in [0.717, 1.165) is 6.42 Å². The lowest BCUT2D eigenvalue weighted by Crippen LogP contribution is -2.68. The van der Waals surface area contributed by atoms with E-state index >= 15 is 0 Å². The van der Waals surface area contributed by atoms with Gasteiger partial charge in [0.15, 0.2) is 0 Å². The lowest BCUT2D eigenvalue weighted by atomic mass is 9.79. The van der Waals surface area contributed by atoms with Gasteiger partial charge in [-0.05, 0) is 109 Å². The van der Waals surface area contributed by atoms with Crippen molar-refractivity contribution < 1.29 is 9.35 Å². The summed E-state index contributed by atoms with van der Waals surface area (Å²) in [5.41, 5.74) is 17.1. The lowest BCUT2D eigenvalue weighted by molar-refractivity contribution is -1.29. The first-order chi connectivity index (χ1) is 24.3. The summed E-state index contributed by atoms with van der Waals surface area (Å²) in [6.45, 7) is 30.3. The molecule has 0 bridgehead atoms. The topological polar surface area (TPSA) is 7.76 Å². The fourth-order valence-corrected chi connectivity index (χ4v) is 8.25. The molecule has 2 nitrogen and oxygen atoms in total. The second-order valence-corrected chi connectivity index (χ2v) is 18.6. The zero-order valence-electron chi connectivity index (χ0n) is 33.9. The number of fused-ring (bicyclic) bond motifs is 5. The Bertz CT molecular complexity index is 2370. The molecule has 0 radical (unpaired) electrons. The minimum absolute atomic E-state index is 0.00677. The fraction of sp³-hybridized carbons (Fsp3) is 0.360. The molecule has 1 aliphatic carbocycles. The van der Waals surface area contributed by atoms with Crippen molar-refractivity contribution in [2.75, 3.05) is 0 Å². The van der Waals surface area contributed by atoms with Crippen LogP contribution in [-0.2, 0) is 21.7 Å². The fourth-order valence-electron chi connectivity index (χ4n) is 8.25. The average Bonchev–Trinajstić information content (AvgIpc) is 3.32. The summed E-state index contributed by atoms with van der Waals surface area (Å²) in [6.07, 6.45) is 5.66. The van der Waals surface area contributed by atoms with Crippen molar-refractivity contribution in [2.24, 2.45) is 0 Å². The van der Waals surface area contributed by atoms with E-state index in [1.807, 2.05) is 0 Å². The standard InChI is InChI=1S/C50H58N2/c1-14-49(10,11)37-24-26-52(51-25-23-36(48(7,8)9)29-44(51)40-28-35(47(4,5)6)21-19-32(40)2)45(30-37)41-31-42-39-22-20-34-17-15-16-18-38(34)46(39)50(12,13)43(42)27-33(41)3/h15-31H,14H2,1-13H3/q+2. The van der Waals surface area contributed by atoms with E-state index in [-0.39, 0.29) is 21.7 Å². The number of aromatic nitrogens is 2. The predicted molar refractivity (Wildman–Crippen MR) is 220 cm³/mol. The molecule has 0 aliphatic heterocycles. The Morgan fingerprint density at radius 3 is 1.75 bits per heavy atom. The number of nitrogens with zero attached hydrogens (tertiary/aromatic N) is 2. The molecule has 4 aromatic carbocycles. The van der Waals surface area contributed by atoms with E-state index in [9.17, 15) is 0 Å². The van der Waals surface area contributed by atoms with Gasteiger partial charge in [0.05, 0.1) is 20.5 Å². The summed E-state index contributed by atoms with van der Waals surface area (Å²) in [5.74, 6) is 0. The van der Waals surface area contributed by atoms with Gasteiger partial charge in [-0.25, -0.2) is 0 Å². The van der Waals surface area contributed by atoms with Crippen molar-refractivity contribution in [1.29, 1.82) is 0 Å². The molecule has 0 unspecified atom stereocenters. The Morgan fingerprint density at radius 1 is 0.538 bits per heavy atom. The molecule has 0 saturated carbocycles. The Balaban J connectivity index is 1.54. The van der Waals surface area contributed by atoms with Crippen LogP contribution in [0.1, 0.15) is 122 Å². The predicted octanol–water partition coefficient (Wildman–Crippen LogP) is 12.3. The van der Waals surface area contributed by atoms with Crippen molar-refractivity contribution in [3.63, 3.8) is 0 Å². The monoisotopic (exact) mass is 686 g/mol. The van der Waals surface area contributed by atoms with Crippen molar-refractivity contribution in [2.45, 2.75) is 118 Å². The molecule has 1 aliphatic rings. The third kappa shape index (κ3) is 5.89. The minimum atomic E-state index is -0.100. The first-order valence-electron chi connectivity index (χ1n) is 19.3. The molecular weight excluding hydrogens is 629 g/mol. The molecule has 2 heteroatoms. The molecule has 0 spiro atoms. The molecule has 0 atom stereocenters. The Morgan fingerprint density at radius 2 is 1.12 bits per heavy atom. The van der Waals surface area contributed by atoms with Crippen LogP contribution in [0.4, 0.5) is 0 Å². The number of pyridine rings is 2. The second kappa shape index (κ2) is 12.3. The van der Waals surface area contributed by atoms with Crippen molar-refractivity contribution in [3.8, 4) is 33.6 Å². The largest absolute Gasteiger partial charge is 0.284 e. The minimum Gasteiger partial charge on any atom is -0.0646 e. The molecule has 7 rings (SSSR count). The van der Waals surface area contributed by atoms with Crippen molar-refractivity contribution >= 4 is 10.8 Å². The van der Waals surface area contributed by atoms with E-state index in [1.54, 1.807) is 0 Å². The molecule has 52 heavy (non-hydrogen) atoms. The quantitative estimate of drug-likeness (QED) is 0.160. The molecule has 0 N–H and O–H groups in total. The van der Waals surface area contributed by atoms with E-state index in [1.165, 1.54) is 83.4 Å². The van der Waals surface area contributed by atoms with Gasteiger partial charge in [-0.1, -0.05) is 131 Å². The highest BCUT2D eigenvalue weighted by atomic mass is 15.4. The van der Waals surface area contributed by atoms with Crippen LogP contribution < -0.4 is 9.35 Å². The first kappa shape index (κ1) is 35.8. The molecule has 6 aromatic rings. The first-order valence-corrected chi connectivity index (χ1v) is 19.3. The van der Waals surface area contributed by atoms with E-state index in [0.29, 0.717) is 0 Å². The summed E-state index contributed by atoms with van der Waals surface area (Å²) in [5, 5.41) is 2.66. The van der Waals surface area contributed by atoms with Crippen LogP contribution in [0.5, 0.6) is 0 Å². The van der Waals surface area contributed by atoms with Crippen LogP contribution in [0.2, 0.25) is 0 Å². The Labute approximate surface area is 313 Å². The Hall–Kier alpha value is -4.56. The van der Waals surface area contributed by atoms with Gasteiger partial charge >= 0.3 is 0 Å². The summed E-state index contributed by atoms with van der Waals surface area (Å²) < 4.78 is 4.79. The summed E-state index contributed by atoms with van der Waals surface area (Å²) in [6, 6.07) is 35.1. The smallest absolute Gasteiger partial charge is 0.0646 e. The van der Waals surface area contributed by atoms with Gasteiger partial charge in [-0.2, -0.15) is 0 Å². The number of hydrogen-bond acceptors (Lipinski definition) is 0. The SMILES string of the molecule is CCC(C)(C)c1cc[n+](-[n+]2ccc(C(C)(C)C)cc2-c2cc(C(C)(C)C)ccc2C)c(-c2cc3c(cc2C)C(C)(C)c2c-3ccc3ccccc23)c1. The molecule has 2 aromatic heterocycles. The molecular formula is C50H58N2+2. The third-order valence-corrected chi connectivity index (χ3v) is 12.2. The van der Waals surface area contributed by atoms with Gasteiger partial charge in [0, 0.05) is 29.7 Å². The van der Waals surface area contributed by atoms with Crippen molar-refractivity contribution in [3.05, 3.63) is 142 Å². The van der Waals surface area contributed by atoms with Crippen LogP contribution >= 0.6 is 0 Å². The van der Waals surface area contributed by atoms with Crippen LogP contribution in [0.15, 0.2) is 103 Å². The maximum Gasteiger partial charge on any atom is 0.284 e. The van der Waals surface area contributed by atoms with Crippen LogP contribution in [0.3, 0.4) is 0 Å². The molecule has 0 saturated heterocycles. The van der Waals surface area contributed by atoms with Gasteiger partial charge in [-0.15, -0.1) is 0 Å². The van der Waals surface area contributed by atoms with E-state index in [4.69, 9.17) is 0 Å². The van der Waals surface area contributed by atoms with Crippen LogP contribution in [-0.4, -0.2) is 0 Å². The van der Waals surface area contributed by atoms with E-state index in [2.05, 4.69) is 203 Å². The maximum atomic E-state index is 2.50. The van der Waals surface area contributed by atoms with Gasteiger partial charge in [-0.3, -0.25) is 0 Å². The zero-order valence-corrected chi connectivity index (χ0v) is 33.9. The van der Waals surface area contributed by atoms with E-state index < -0.39 is 0 Å². The number of hydrogen-bond donors (Lipinski definition) is 0. The zero-order chi connectivity index (χ0) is 37.5. The number of aryl methyl sites for hydroxylation is 2. The van der Waals surface area contributed by atoms with Gasteiger partial charge in [0.1, 0.15) is 0 Å². The van der Waals surface area contributed by atoms with Gasteiger partial charge < -0.3 is 0 Å². The molecule has 0 fully saturated rings. The van der Waals surface area contributed by atoms with Crippen LogP contribution in [0, 0.1) is 13.8 Å². The summed E-state index contributed by atoms with van der Waals surface area (Å²) >= 11 is 0. The van der Waals surface area contributed by atoms with Gasteiger partial charge in [0.2, 0.25) is 12.4 Å². The van der Waals surface area contributed by atoms with Gasteiger partial charge in [0.25, 0.3) is 11.4 Å². The third-order valence-electron chi connectivity index (χ3n) is 12.2.